The Labute approximate surface area is 115 Å². The van der Waals surface area contributed by atoms with Crippen LogP contribution in [0.2, 0.25) is 0 Å². The number of rotatable bonds is 6. The van der Waals surface area contributed by atoms with Gasteiger partial charge in [-0.3, -0.25) is 0 Å². The number of hydrogen-bond acceptors (Lipinski definition) is 1. The predicted molar refractivity (Wildman–Crippen MR) is 78.0 cm³/mol. The largest absolute Gasteiger partial charge is 0.377 e. The maximum Gasteiger partial charge on any atom is 0.0716 e. The quantitative estimate of drug-likeness (QED) is 0.692. The zero-order chi connectivity index (χ0) is 12.9. The summed E-state index contributed by atoms with van der Waals surface area (Å²) < 4.78 is 5.75. The summed E-state index contributed by atoms with van der Waals surface area (Å²) in [5.41, 5.74) is 2.76. The van der Waals surface area contributed by atoms with Gasteiger partial charge in [-0.15, -0.1) is 0 Å². The van der Waals surface area contributed by atoms with Gasteiger partial charge in [-0.2, -0.15) is 0 Å². The Morgan fingerprint density at radius 1 is 0.895 bits per heavy atom. The van der Waals surface area contributed by atoms with Crippen molar-refractivity contribution in [2.75, 3.05) is 6.61 Å². The average molecular weight is 252 g/mol. The molecule has 0 bridgehead atoms. The topological polar surface area (TPSA) is 9.23 Å². The highest BCUT2D eigenvalue weighted by atomic mass is 16.5. The van der Waals surface area contributed by atoms with Crippen molar-refractivity contribution in [2.45, 2.75) is 25.4 Å². The van der Waals surface area contributed by atoms with Crippen LogP contribution in [0.1, 0.15) is 29.9 Å². The van der Waals surface area contributed by atoms with E-state index in [1.165, 1.54) is 24.0 Å². The minimum absolute atomic E-state index is 0.740. The van der Waals surface area contributed by atoms with Crippen LogP contribution in [-0.4, -0.2) is 6.61 Å². The van der Waals surface area contributed by atoms with Crippen LogP contribution >= 0.6 is 0 Å². The van der Waals surface area contributed by atoms with E-state index >= 15 is 0 Å². The molecule has 0 N–H and O–H groups in total. The van der Waals surface area contributed by atoms with Crippen LogP contribution in [0.15, 0.2) is 60.7 Å². The van der Waals surface area contributed by atoms with Crippen LogP contribution in [0, 0.1) is 5.92 Å². The molecule has 19 heavy (non-hydrogen) atoms. The highest BCUT2D eigenvalue weighted by Crippen LogP contribution is 2.49. The predicted octanol–water partition coefficient (Wildman–Crippen LogP) is 4.40. The van der Waals surface area contributed by atoms with Gasteiger partial charge in [0.15, 0.2) is 0 Å². The van der Waals surface area contributed by atoms with Gasteiger partial charge in [0.1, 0.15) is 0 Å². The molecule has 0 spiro atoms. The molecule has 3 rings (SSSR count). The Morgan fingerprint density at radius 2 is 1.58 bits per heavy atom. The van der Waals surface area contributed by atoms with Crippen LogP contribution in [0.3, 0.4) is 0 Å². The van der Waals surface area contributed by atoms with Gasteiger partial charge in [0.2, 0.25) is 0 Å². The van der Waals surface area contributed by atoms with E-state index in [-0.39, 0.29) is 0 Å². The molecular weight excluding hydrogens is 232 g/mol. The molecule has 98 valence electrons. The van der Waals surface area contributed by atoms with Crippen LogP contribution in [0.5, 0.6) is 0 Å². The highest BCUT2D eigenvalue weighted by Gasteiger charge is 2.37. The fourth-order valence-electron chi connectivity index (χ4n) is 2.67. The monoisotopic (exact) mass is 252 g/mol. The van der Waals surface area contributed by atoms with Gasteiger partial charge in [0.25, 0.3) is 0 Å². The summed E-state index contributed by atoms with van der Waals surface area (Å²) in [6.07, 6.45) is 2.52. The lowest BCUT2D eigenvalue weighted by Gasteiger charge is -2.04. The summed E-state index contributed by atoms with van der Waals surface area (Å²) in [5, 5.41) is 0. The van der Waals surface area contributed by atoms with E-state index in [4.69, 9.17) is 4.74 Å². The molecule has 1 fully saturated rings. The number of hydrogen-bond donors (Lipinski definition) is 0. The first-order valence-corrected chi connectivity index (χ1v) is 7.10. The minimum atomic E-state index is 0.740. The summed E-state index contributed by atoms with van der Waals surface area (Å²) in [7, 11) is 0. The van der Waals surface area contributed by atoms with Crippen molar-refractivity contribution >= 4 is 0 Å². The van der Waals surface area contributed by atoms with E-state index < -0.39 is 0 Å². The average Bonchev–Trinajstić information content (AvgIpc) is 3.25. The molecule has 2 aromatic carbocycles. The Kier molecular flexibility index (Phi) is 3.95. The molecule has 1 heteroatoms. The molecule has 1 aliphatic rings. The van der Waals surface area contributed by atoms with Crippen LogP contribution in [0.4, 0.5) is 0 Å². The third-order valence-corrected chi connectivity index (χ3v) is 3.89. The molecule has 0 amide bonds. The van der Waals surface area contributed by atoms with Crippen LogP contribution in [-0.2, 0) is 11.3 Å². The molecule has 1 aliphatic carbocycles. The van der Waals surface area contributed by atoms with Crippen LogP contribution in [0.25, 0.3) is 0 Å². The summed E-state index contributed by atoms with van der Waals surface area (Å²) in [6, 6.07) is 21.2. The Morgan fingerprint density at radius 3 is 2.32 bits per heavy atom. The first kappa shape index (κ1) is 12.4. The standard InChI is InChI=1S/C18H20O/c1-3-7-15(8-4-1)14-19-12-11-17-13-18(17)16-9-5-2-6-10-16/h1-10,17-18H,11-14H2/t17-,18+/m1/s1. The van der Waals surface area contributed by atoms with Crippen molar-refractivity contribution in [3.63, 3.8) is 0 Å². The van der Waals surface area contributed by atoms with Gasteiger partial charge in [-0.25, -0.2) is 0 Å². The molecule has 2 aromatic rings. The van der Waals surface area contributed by atoms with E-state index in [9.17, 15) is 0 Å². The maximum atomic E-state index is 5.75. The summed E-state index contributed by atoms with van der Waals surface area (Å²) in [4.78, 5) is 0. The van der Waals surface area contributed by atoms with Crippen molar-refractivity contribution in [2.24, 2.45) is 5.92 Å². The third kappa shape index (κ3) is 3.45. The molecular formula is C18H20O. The Hall–Kier alpha value is -1.60. The second-order valence-corrected chi connectivity index (χ2v) is 5.34. The van der Waals surface area contributed by atoms with Crippen LogP contribution < -0.4 is 0 Å². The minimum Gasteiger partial charge on any atom is -0.377 e. The van der Waals surface area contributed by atoms with E-state index in [1.807, 2.05) is 6.07 Å². The molecule has 0 heterocycles. The second-order valence-electron chi connectivity index (χ2n) is 5.34. The third-order valence-electron chi connectivity index (χ3n) is 3.89. The lowest BCUT2D eigenvalue weighted by molar-refractivity contribution is 0.114. The zero-order valence-corrected chi connectivity index (χ0v) is 11.2. The van der Waals surface area contributed by atoms with Crippen molar-refractivity contribution in [3.05, 3.63) is 71.8 Å². The lowest BCUT2D eigenvalue weighted by atomic mass is 10.1. The Bertz CT molecular complexity index is 492. The maximum absolute atomic E-state index is 5.75. The molecule has 0 unspecified atom stereocenters. The molecule has 0 aliphatic heterocycles. The van der Waals surface area contributed by atoms with Gasteiger partial charge in [-0.05, 0) is 35.8 Å². The van der Waals surface area contributed by atoms with Gasteiger partial charge < -0.3 is 4.74 Å². The second kappa shape index (κ2) is 6.03. The van der Waals surface area contributed by atoms with E-state index in [2.05, 4.69) is 54.6 Å². The number of ether oxygens (including phenoxy) is 1. The van der Waals surface area contributed by atoms with Crippen molar-refractivity contribution in [1.82, 2.24) is 0 Å². The van der Waals surface area contributed by atoms with Gasteiger partial charge in [0, 0.05) is 6.61 Å². The van der Waals surface area contributed by atoms with E-state index in [0.29, 0.717) is 0 Å². The lowest BCUT2D eigenvalue weighted by Crippen LogP contribution is -1.97. The molecule has 1 saturated carbocycles. The first-order chi connectivity index (χ1) is 9.43. The fourth-order valence-corrected chi connectivity index (χ4v) is 2.67. The van der Waals surface area contributed by atoms with Gasteiger partial charge >= 0.3 is 0 Å². The zero-order valence-electron chi connectivity index (χ0n) is 11.2. The first-order valence-electron chi connectivity index (χ1n) is 7.10. The molecule has 0 saturated heterocycles. The normalized spacial score (nSPS) is 21.3. The summed E-state index contributed by atoms with van der Waals surface area (Å²) >= 11 is 0. The van der Waals surface area contributed by atoms with E-state index in [1.54, 1.807) is 0 Å². The van der Waals surface area contributed by atoms with E-state index in [0.717, 1.165) is 25.0 Å². The molecule has 1 nitrogen and oxygen atoms in total. The fraction of sp³-hybridized carbons (Fsp3) is 0.333. The smallest absolute Gasteiger partial charge is 0.0716 e. The number of benzene rings is 2. The summed E-state index contributed by atoms with van der Waals surface area (Å²) in [6.45, 7) is 1.62. The highest BCUT2D eigenvalue weighted by molar-refractivity contribution is 5.25. The molecule has 2 atom stereocenters. The Balaban J connectivity index is 1.36. The molecule has 0 radical (unpaired) electrons. The molecule has 0 aromatic heterocycles. The van der Waals surface area contributed by atoms with Crippen molar-refractivity contribution in [1.29, 1.82) is 0 Å². The van der Waals surface area contributed by atoms with Crippen molar-refractivity contribution in [3.8, 4) is 0 Å². The SMILES string of the molecule is c1ccc(COCC[C@@H]2C[C@H]2c2ccccc2)cc1. The summed E-state index contributed by atoms with van der Waals surface area (Å²) in [5.74, 6) is 1.61. The van der Waals surface area contributed by atoms with Gasteiger partial charge in [-0.1, -0.05) is 60.7 Å². The van der Waals surface area contributed by atoms with Gasteiger partial charge in [0.05, 0.1) is 6.61 Å². The van der Waals surface area contributed by atoms with Crippen molar-refractivity contribution < 1.29 is 4.74 Å².